The number of aromatic amines is 2. The third-order valence-electron chi connectivity index (χ3n) is 18.3. The zero-order valence-electron chi connectivity index (χ0n) is 63.1. The second-order valence-electron chi connectivity index (χ2n) is 29.0. The Kier molecular flexibility index (Phi) is 25.5. The van der Waals surface area contributed by atoms with Gasteiger partial charge in [0.1, 0.15) is 22.6 Å². The Labute approximate surface area is 648 Å². The van der Waals surface area contributed by atoms with Crippen LogP contribution in [0.2, 0.25) is 0 Å². The van der Waals surface area contributed by atoms with Crippen LogP contribution in [0.4, 0.5) is 0 Å². The molecule has 2 aliphatic heterocycles. The Morgan fingerprint density at radius 2 is 0.365 bits per heavy atom. The Hall–Kier alpha value is -5.36. The molecule has 8 aromatic carbocycles. The minimum atomic E-state index is 0.579. The van der Waals surface area contributed by atoms with E-state index in [2.05, 4.69) is 259 Å². The lowest BCUT2D eigenvalue weighted by Gasteiger charge is -2.15. The summed E-state index contributed by atoms with van der Waals surface area (Å²) in [5, 5.41) is 12.9. The van der Waals surface area contributed by atoms with Crippen molar-refractivity contribution >= 4 is 181 Å². The van der Waals surface area contributed by atoms with Gasteiger partial charge >= 0.3 is 0 Å². The monoisotopic (exact) mass is 1540 g/mol. The Bertz CT molecular complexity index is 4530. The largest absolute Gasteiger partial charge is 0.324 e. The van der Waals surface area contributed by atoms with Crippen molar-refractivity contribution < 1.29 is 0 Å². The average molecular weight is 1540 g/mol. The molecule has 0 amide bonds. The molecule has 0 aliphatic carbocycles. The molecule has 16 nitrogen and oxygen atoms in total. The van der Waals surface area contributed by atoms with Gasteiger partial charge in [-0.05, 0) is 253 Å². The number of nitrogens with one attached hydrogen (secondary N) is 2. The number of nitrogens with zero attached hydrogens (tertiary/aromatic N) is 14. The molecule has 0 saturated heterocycles. The lowest BCUT2D eigenvalue weighted by Crippen LogP contribution is -2.15. The van der Waals surface area contributed by atoms with Crippen LogP contribution in [-0.4, -0.2) is 290 Å². The summed E-state index contributed by atoms with van der Waals surface area (Å²) in [6.45, 7) is 7.80. The SMILES string of the molecule is CN(C)CCSc1cc2cc3c(cc2cc1SCCN(C)C)-c1nc-3nc2[nH]c(nc3nc(nc4[nH]c(n1)c1cc5cc(SCCN(C)C)c(SCCN(C)C)cc5cc41)-c1cc4cc(SCCN(C)C)c(SCCN(C)C)cc4cc1-3)c1cc3cc(SCCN(C)C)c(SCCN(C)C)cc3cc21. The van der Waals surface area contributed by atoms with Gasteiger partial charge in [0, 0.05) is 181 Å². The number of aromatic nitrogens is 8. The summed E-state index contributed by atoms with van der Waals surface area (Å²) in [6, 6.07) is 37.7. The molecule has 0 spiro atoms. The highest BCUT2D eigenvalue weighted by atomic mass is 32.2. The van der Waals surface area contributed by atoms with Crippen LogP contribution in [0.3, 0.4) is 0 Å². The fourth-order valence-corrected chi connectivity index (χ4v) is 22.5. The molecule has 2 N–H and O–H groups in total. The number of hydrogen-bond donors (Lipinski definition) is 2. The summed E-state index contributed by atoms with van der Waals surface area (Å²) in [5.74, 6) is 10.1. The Morgan fingerprint density at radius 3 is 0.519 bits per heavy atom. The Morgan fingerprint density at radius 1 is 0.212 bits per heavy atom. The first-order valence-corrected chi connectivity index (χ1v) is 43.4. The molecule has 3 aromatic heterocycles. The van der Waals surface area contributed by atoms with Crippen LogP contribution in [0, 0.1) is 0 Å². The molecule has 0 atom stereocenters. The molecule has 5 heterocycles. The maximum atomic E-state index is 5.75. The smallest absolute Gasteiger partial charge is 0.164 e. The summed E-state index contributed by atoms with van der Waals surface area (Å²) in [7, 11) is 34.4. The van der Waals surface area contributed by atoms with E-state index in [0.29, 0.717) is 45.9 Å². The van der Waals surface area contributed by atoms with Crippen LogP contribution < -0.4 is 0 Å². The number of hydrogen-bond acceptors (Lipinski definition) is 22. The maximum Gasteiger partial charge on any atom is 0.164 e. The normalized spacial score (nSPS) is 12.7. The zero-order chi connectivity index (χ0) is 73.0. The minimum absolute atomic E-state index is 0.579. The number of thioether (sulfide) groups is 8. The molecule has 0 fully saturated rings. The number of fused-ring (bicyclic) bond motifs is 24. The van der Waals surface area contributed by atoms with Crippen molar-refractivity contribution in [2.45, 2.75) is 39.2 Å². The van der Waals surface area contributed by atoms with Gasteiger partial charge in [0.15, 0.2) is 23.3 Å². The van der Waals surface area contributed by atoms with Crippen molar-refractivity contribution in [2.75, 3.05) is 211 Å². The minimum Gasteiger partial charge on any atom is -0.324 e. The van der Waals surface area contributed by atoms with Gasteiger partial charge < -0.3 is 49.2 Å². The lowest BCUT2D eigenvalue weighted by atomic mass is 10.0. The van der Waals surface area contributed by atoms with Crippen molar-refractivity contribution in [1.82, 2.24) is 79.1 Å². The third kappa shape index (κ3) is 18.5. The first kappa shape index (κ1) is 76.8. The van der Waals surface area contributed by atoms with Gasteiger partial charge in [-0.2, -0.15) is 0 Å². The van der Waals surface area contributed by atoms with Gasteiger partial charge in [0.05, 0.1) is 0 Å². The van der Waals surface area contributed by atoms with Gasteiger partial charge in [0.25, 0.3) is 0 Å². The van der Waals surface area contributed by atoms with Gasteiger partial charge in [-0.3, -0.25) is 0 Å². The van der Waals surface area contributed by atoms with E-state index in [1.807, 2.05) is 94.1 Å². The molecular formula is C80H98N16S8. The highest BCUT2D eigenvalue weighted by Crippen LogP contribution is 2.46. The molecule has 546 valence electrons. The average Bonchev–Trinajstić information content (AvgIpc) is 1.58. The summed E-state index contributed by atoms with van der Waals surface area (Å²) in [5.41, 5.74) is 6.34. The summed E-state index contributed by atoms with van der Waals surface area (Å²) < 4.78 is 0. The molecule has 0 saturated carbocycles. The zero-order valence-corrected chi connectivity index (χ0v) is 69.6. The highest BCUT2D eigenvalue weighted by molar-refractivity contribution is 8.03. The highest BCUT2D eigenvalue weighted by Gasteiger charge is 2.27. The van der Waals surface area contributed by atoms with Crippen molar-refractivity contribution in [3.8, 4) is 45.6 Å². The lowest BCUT2D eigenvalue weighted by molar-refractivity contribution is 0.437. The molecule has 13 rings (SSSR count). The predicted octanol–water partition coefficient (Wildman–Crippen LogP) is 16.7. The topological polar surface area (TPSA) is 135 Å². The molecular weight excluding hydrogens is 1440 g/mol. The number of rotatable bonds is 32. The fourth-order valence-electron chi connectivity index (χ4n) is 12.4. The van der Waals surface area contributed by atoms with E-state index in [1.165, 1.54) is 39.2 Å². The standard InChI is InChI=1S/C80H98N16S8/c1-89(2)17-25-97-65-41-49-33-57-58(34-50(49)42-66(65)98-26-18-90(3)4)74-81-73(57)85-75-59-35-51-43-67(99-27-19-91(5)6)68(100-28-20-92(7)8)44-52(51)36-60(59)77(82-75)87-79-63-39-55-47-71(103-31-23-95(13)14)72(104-32-24-96(15)16)48-56(55)40-64(63)80(84-79)88-78-62-38-54-46-70(102-30-22-94(11)12)69(101-29-21-93(9)10)45-53(54)37-61(62)76(83-78)86-74/h33-48H,17-32H2,1-16H3,(H2,81,82,83,84,85,86,87,88). The maximum absolute atomic E-state index is 5.75. The Balaban J connectivity index is 1.12. The van der Waals surface area contributed by atoms with Gasteiger partial charge in [-0.15, -0.1) is 94.1 Å². The van der Waals surface area contributed by atoms with Crippen LogP contribution in [0.1, 0.15) is 0 Å². The van der Waals surface area contributed by atoms with E-state index < -0.39 is 0 Å². The molecule has 0 radical (unpaired) electrons. The van der Waals surface area contributed by atoms with E-state index in [-0.39, 0.29) is 0 Å². The van der Waals surface area contributed by atoms with Crippen molar-refractivity contribution in [3.05, 3.63) is 97.1 Å². The van der Waals surface area contributed by atoms with Crippen LogP contribution >= 0.6 is 94.1 Å². The van der Waals surface area contributed by atoms with E-state index in [0.717, 1.165) is 185 Å². The van der Waals surface area contributed by atoms with Crippen molar-refractivity contribution in [2.24, 2.45) is 0 Å². The molecule has 8 bridgehead atoms. The van der Waals surface area contributed by atoms with E-state index in [1.54, 1.807) is 0 Å². The summed E-state index contributed by atoms with van der Waals surface area (Å²) >= 11 is 15.4. The molecule has 11 aromatic rings. The van der Waals surface area contributed by atoms with Gasteiger partial charge in [-0.25, -0.2) is 29.9 Å². The number of benzene rings is 8. The second-order valence-corrected chi connectivity index (χ2v) is 38.1. The van der Waals surface area contributed by atoms with Crippen molar-refractivity contribution in [1.29, 1.82) is 0 Å². The van der Waals surface area contributed by atoms with Crippen LogP contribution in [0.5, 0.6) is 0 Å². The summed E-state index contributed by atoms with van der Waals surface area (Å²) in [4.78, 5) is 70.4. The first-order valence-electron chi connectivity index (χ1n) is 35.5. The summed E-state index contributed by atoms with van der Waals surface area (Å²) in [6.07, 6.45) is 0. The quantitative estimate of drug-likeness (QED) is 0.0387. The predicted molar refractivity (Wildman–Crippen MR) is 460 cm³/mol. The third-order valence-corrected chi connectivity index (χ3v) is 27.1. The first-order chi connectivity index (χ1) is 50.0. The van der Waals surface area contributed by atoms with Crippen LogP contribution in [0.25, 0.3) is 133 Å². The van der Waals surface area contributed by atoms with Gasteiger partial charge in [0.2, 0.25) is 0 Å². The molecule has 24 heteroatoms. The van der Waals surface area contributed by atoms with Crippen molar-refractivity contribution in [3.63, 3.8) is 0 Å². The number of H-pyrrole nitrogens is 2. The molecule has 104 heavy (non-hydrogen) atoms. The molecule has 2 aliphatic rings. The van der Waals surface area contributed by atoms with E-state index in [9.17, 15) is 0 Å². The van der Waals surface area contributed by atoms with Crippen LogP contribution in [-0.2, 0) is 0 Å². The van der Waals surface area contributed by atoms with Crippen LogP contribution in [0.15, 0.2) is 136 Å². The second kappa shape index (κ2) is 34.5. The fraction of sp³-hybridized carbons (Fsp3) is 0.400. The molecule has 0 unspecified atom stereocenters. The van der Waals surface area contributed by atoms with E-state index >= 15 is 0 Å². The van der Waals surface area contributed by atoms with E-state index in [4.69, 9.17) is 29.9 Å². The van der Waals surface area contributed by atoms with Gasteiger partial charge in [-0.1, -0.05) is 0 Å².